The first-order valence-electron chi connectivity index (χ1n) is 16.3. The first-order valence-corrected chi connectivity index (χ1v) is 18.2. The van der Waals surface area contributed by atoms with Crippen LogP contribution in [0.2, 0.25) is 0 Å². The summed E-state index contributed by atoms with van der Waals surface area (Å²) in [5.74, 6) is 2.59. The van der Waals surface area contributed by atoms with E-state index < -0.39 is 8.60 Å². The summed E-state index contributed by atoms with van der Waals surface area (Å²) in [7, 11) is -1.89. The molecule has 1 aliphatic heterocycles. The Kier molecular flexibility index (Phi) is 9.37. The average molecular weight is 649 g/mol. The predicted molar refractivity (Wildman–Crippen MR) is 195 cm³/mol. The topological polar surface area (TPSA) is 27.7 Å². The van der Waals surface area contributed by atoms with Crippen molar-refractivity contribution >= 4 is 20.4 Å². The van der Waals surface area contributed by atoms with Gasteiger partial charge >= 0.3 is 8.60 Å². The predicted octanol–water partition coefficient (Wildman–Crippen LogP) is 13.0. The molecule has 45 heavy (non-hydrogen) atoms. The van der Waals surface area contributed by atoms with Gasteiger partial charge in [-0.25, -0.2) is 0 Å². The standard InChI is InChI=1S/C40H57O3PS/c1-24-18-27(37(6,7)8)34-31(20-24)45-32-21-25(2)19-28(38(9,10)11)35(32)43-44(42-34)41-33-29(39(12,13)14)22-26(36(3,4)5)23-30(33)40(15,16)17/h18-23H,1-17H3. The Labute approximate surface area is 280 Å². The first kappa shape index (κ1) is 35.7. The lowest BCUT2D eigenvalue weighted by Crippen LogP contribution is -2.23. The van der Waals surface area contributed by atoms with Gasteiger partial charge < -0.3 is 13.6 Å². The molecule has 0 saturated carbocycles. The van der Waals surface area contributed by atoms with Gasteiger partial charge in [0.2, 0.25) is 0 Å². The molecule has 0 spiro atoms. The van der Waals surface area contributed by atoms with Crippen LogP contribution >= 0.6 is 20.4 Å². The van der Waals surface area contributed by atoms with Crippen molar-refractivity contribution in [3.05, 3.63) is 75.3 Å². The van der Waals surface area contributed by atoms with E-state index in [-0.39, 0.29) is 27.1 Å². The van der Waals surface area contributed by atoms with Crippen LogP contribution in [0.3, 0.4) is 0 Å². The van der Waals surface area contributed by atoms with Gasteiger partial charge in [-0.2, -0.15) is 0 Å². The molecule has 0 fully saturated rings. The third-order valence-electron chi connectivity index (χ3n) is 8.30. The third-order valence-corrected chi connectivity index (χ3v) is 10.3. The molecule has 0 amide bonds. The van der Waals surface area contributed by atoms with Crippen LogP contribution in [0.1, 0.15) is 143 Å². The maximum absolute atomic E-state index is 7.19. The lowest BCUT2D eigenvalue weighted by atomic mass is 9.75. The summed E-state index contributed by atoms with van der Waals surface area (Å²) in [5, 5.41) is 0. The van der Waals surface area contributed by atoms with E-state index >= 15 is 0 Å². The monoisotopic (exact) mass is 648 g/mol. The fourth-order valence-electron chi connectivity index (χ4n) is 5.61. The molecule has 1 heterocycles. The van der Waals surface area contributed by atoms with Gasteiger partial charge in [0.05, 0.1) is 9.79 Å². The Bertz CT molecular complexity index is 1480. The highest BCUT2D eigenvalue weighted by Crippen LogP contribution is 2.58. The van der Waals surface area contributed by atoms with Crippen LogP contribution in [-0.2, 0) is 27.1 Å². The SMILES string of the molecule is Cc1cc2c(c(C(C)(C)C)c1)OP(Oc1c(C(C)(C)C)cc(C(C)(C)C)cc1C(C)(C)C)Oc1c(cc(C)cc1C(C)(C)C)S2. The van der Waals surface area contributed by atoms with Gasteiger partial charge in [-0.15, -0.1) is 0 Å². The molecule has 246 valence electrons. The maximum atomic E-state index is 7.19. The summed E-state index contributed by atoms with van der Waals surface area (Å²) < 4.78 is 21.3. The molecular formula is C40H57O3PS. The molecule has 0 aliphatic carbocycles. The van der Waals surface area contributed by atoms with Gasteiger partial charge in [0.15, 0.2) is 0 Å². The minimum Gasteiger partial charge on any atom is -0.408 e. The van der Waals surface area contributed by atoms with E-state index in [4.69, 9.17) is 13.6 Å². The second kappa shape index (κ2) is 11.8. The molecule has 5 heteroatoms. The van der Waals surface area contributed by atoms with Gasteiger partial charge in [-0.1, -0.05) is 140 Å². The van der Waals surface area contributed by atoms with Crippen molar-refractivity contribution in [2.24, 2.45) is 0 Å². The number of benzene rings is 3. The number of fused-ring (bicyclic) bond motifs is 2. The maximum Gasteiger partial charge on any atom is 0.530 e. The van der Waals surface area contributed by atoms with E-state index in [0.29, 0.717) is 0 Å². The fourth-order valence-corrected chi connectivity index (χ4v) is 8.09. The number of hydrogen-bond acceptors (Lipinski definition) is 4. The number of rotatable bonds is 2. The molecule has 0 aromatic heterocycles. The van der Waals surface area contributed by atoms with Crippen LogP contribution in [0, 0.1) is 13.8 Å². The zero-order chi connectivity index (χ0) is 34.1. The normalized spacial score (nSPS) is 15.0. The quantitative estimate of drug-likeness (QED) is 0.259. The van der Waals surface area contributed by atoms with Crippen molar-refractivity contribution in [2.45, 2.75) is 155 Å². The van der Waals surface area contributed by atoms with Crippen molar-refractivity contribution in [3.63, 3.8) is 0 Å². The second-order valence-corrected chi connectivity index (χ2v) is 20.1. The van der Waals surface area contributed by atoms with Crippen molar-refractivity contribution in [1.29, 1.82) is 0 Å². The summed E-state index contributed by atoms with van der Waals surface area (Å²) >= 11 is 1.74. The minimum atomic E-state index is -1.89. The smallest absolute Gasteiger partial charge is 0.408 e. The minimum absolute atomic E-state index is 0.00879. The molecule has 4 rings (SSSR count). The molecule has 0 bridgehead atoms. The van der Waals surface area contributed by atoms with Crippen molar-refractivity contribution < 1.29 is 13.6 Å². The molecule has 0 atom stereocenters. The number of hydrogen-bond donors (Lipinski definition) is 0. The van der Waals surface area contributed by atoms with Gasteiger partial charge in [-0.3, -0.25) is 0 Å². The van der Waals surface area contributed by atoms with Crippen molar-refractivity contribution in [1.82, 2.24) is 0 Å². The van der Waals surface area contributed by atoms with E-state index in [1.807, 2.05) is 0 Å². The molecule has 0 saturated heterocycles. The van der Waals surface area contributed by atoms with E-state index in [1.54, 1.807) is 11.8 Å². The lowest BCUT2D eigenvalue weighted by molar-refractivity contribution is 0.358. The van der Waals surface area contributed by atoms with Gasteiger partial charge in [0.25, 0.3) is 0 Å². The second-order valence-electron chi connectivity index (χ2n) is 18.0. The molecular weight excluding hydrogens is 591 g/mol. The molecule has 0 radical (unpaired) electrons. The Morgan fingerprint density at radius 2 is 0.844 bits per heavy atom. The molecule has 0 N–H and O–H groups in total. The first-order chi connectivity index (χ1) is 20.3. The summed E-state index contributed by atoms with van der Waals surface area (Å²) in [5.41, 5.74) is 7.80. The molecule has 1 aliphatic rings. The molecule has 3 aromatic carbocycles. The molecule has 0 unspecified atom stereocenters. The lowest BCUT2D eigenvalue weighted by Gasteiger charge is -2.35. The van der Waals surface area contributed by atoms with Gasteiger partial charge in [0, 0.05) is 22.3 Å². The Morgan fingerprint density at radius 3 is 1.16 bits per heavy atom. The highest BCUT2D eigenvalue weighted by molar-refractivity contribution is 7.99. The van der Waals surface area contributed by atoms with Crippen LogP contribution in [0.4, 0.5) is 0 Å². The van der Waals surface area contributed by atoms with Crippen LogP contribution in [0.15, 0.2) is 46.2 Å². The van der Waals surface area contributed by atoms with Crippen LogP contribution in [0.5, 0.6) is 17.2 Å². The van der Waals surface area contributed by atoms with Gasteiger partial charge in [0.1, 0.15) is 17.2 Å². The zero-order valence-electron chi connectivity index (χ0n) is 31.0. The van der Waals surface area contributed by atoms with E-state index in [2.05, 4.69) is 154 Å². The molecule has 3 nitrogen and oxygen atoms in total. The van der Waals surface area contributed by atoms with Crippen molar-refractivity contribution in [2.75, 3.05) is 0 Å². The summed E-state index contributed by atoms with van der Waals surface area (Å²) in [4.78, 5) is 2.20. The Balaban J connectivity index is 2.06. The Hall–Kier alpha value is -2.16. The average Bonchev–Trinajstić information content (AvgIpc) is 2.82. The van der Waals surface area contributed by atoms with E-state index in [9.17, 15) is 0 Å². The van der Waals surface area contributed by atoms with Crippen molar-refractivity contribution in [3.8, 4) is 17.2 Å². The molecule has 3 aromatic rings. The Morgan fingerprint density at radius 1 is 0.489 bits per heavy atom. The summed E-state index contributed by atoms with van der Waals surface area (Å²) in [6.07, 6.45) is 0. The highest BCUT2D eigenvalue weighted by atomic mass is 32.2. The fraction of sp³-hybridized carbons (Fsp3) is 0.550. The zero-order valence-corrected chi connectivity index (χ0v) is 32.8. The summed E-state index contributed by atoms with van der Waals surface area (Å²) in [6.45, 7) is 38.3. The largest absolute Gasteiger partial charge is 0.530 e. The van der Waals surface area contributed by atoms with Crippen LogP contribution in [-0.4, -0.2) is 0 Å². The van der Waals surface area contributed by atoms with Crippen LogP contribution in [0.25, 0.3) is 0 Å². The third kappa shape index (κ3) is 7.87. The van der Waals surface area contributed by atoms with Gasteiger partial charge in [-0.05, 0) is 69.7 Å². The van der Waals surface area contributed by atoms with E-state index in [0.717, 1.165) is 38.2 Å². The highest BCUT2D eigenvalue weighted by Gasteiger charge is 2.38. The van der Waals surface area contributed by atoms with Crippen LogP contribution < -0.4 is 13.6 Å². The summed E-state index contributed by atoms with van der Waals surface area (Å²) in [6, 6.07) is 13.7. The van der Waals surface area contributed by atoms with E-state index in [1.165, 1.54) is 27.8 Å². The number of aryl methyl sites for hydroxylation is 2.